The molecule has 1 fully saturated rings. The average molecular weight is 254 g/mol. The Morgan fingerprint density at radius 3 is 2.82 bits per heavy atom. The average Bonchev–Trinajstić information content (AvgIpc) is 2.23. The maximum atomic E-state index is 12.2. The van der Waals surface area contributed by atoms with E-state index in [1.165, 1.54) is 0 Å². The summed E-state index contributed by atoms with van der Waals surface area (Å²) in [5.74, 6) is -0.0377. The molecule has 1 aromatic rings. The Morgan fingerprint density at radius 2 is 2.35 bits per heavy atom. The van der Waals surface area contributed by atoms with E-state index in [2.05, 4.69) is 10.3 Å². The second-order valence-corrected chi connectivity index (χ2v) is 4.94. The highest BCUT2D eigenvalue weighted by Gasteiger charge is 2.43. The summed E-state index contributed by atoms with van der Waals surface area (Å²) >= 11 is 5.97. The van der Waals surface area contributed by atoms with Crippen LogP contribution in [0.1, 0.15) is 24.8 Å². The zero-order valence-corrected chi connectivity index (χ0v) is 10.5. The maximum absolute atomic E-state index is 12.2. The van der Waals surface area contributed by atoms with Gasteiger partial charge >= 0.3 is 0 Å². The molecular formula is C12H16ClN3O. The minimum Gasteiger partial charge on any atom is -0.329 e. The van der Waals surface area contributed by atoms with E-state index in [-0.39, 0.29) is 5.91 Å². The first-order valence-electron chi connectivity index (χ1n) is 5.72. The van der Waals surface area contributed by atoms with Crippen LogP contribution in [-0.4, -0.2) is 17.4 Å². The van der Waals surface area contributed by atoms with Crippen LogP contribution in [0.15, 0.2) is 12.3 Å². The number of aryl methyl sites for hydroxylation is 1. The maximum Gasteiger partial charge on any atom is 0.231 e. The highest BCUT2D eigenvalue weighted by molar-refractivity contribution is 6.32. The number of pyridine rings is 1. The Kier molecular flexibility index (Phi) is 3.35. The molecule has 0 spiro atoms. The van der Waals surface area contributed by atoms with E-state index in [9.17, 15) is 4.79 Å². The van der Waals surface area contributed by atoms with E-state index in [0.717, 1.165) is 24.8 Å². The number of nitrogens with one attached hydrogen (secondary N) is 1. The third-order valence-electron chi connectivity index (χ3n) is 3.53. The minimum absolute atomic E-state index is 0.0377. The molecule has 1 aromatic heterocycles. The molecule has 0 saturated heterocycles. The van der Waals surface area contributed by atoms with Gasteiger partial charge < -0.3 is 11.1 Å². The molecule has 17 heavy (non-hydrogen) atoms. The lowest BCUT2D eigenvalue weighted by Crippen LogP contribution is -2.47. The monoisotopic (exact) mass is 253 g/mol. The highest BCUT2D eigenvalue weighted by Crippen LogP contribution is 2.41. The molecule has 0 aliphatic heterocycles. The Morgan fingerprint density at radius 1 is 1.65 bits per heavy atom. The van der Waals surface area contributed by atoms with E-state index in [4.69, 9.17) is 17.3 Å². The Hall–Kier alpha value is -1.13. The fourth-order valence-corrected chi connectivity index (χ4v) is 2.30. The molecule has 2 rings (SSSR count). The van der Waals surface area contributed by atoms with Crippen LogP contribution < -0.4 is 11.1 Å². The van der Waals surface area contributed by atoms with Crippen LogP contribution >= 0.6 is 11.6 Å². The lowest BCUT2D eigenvalue weighted by molar-refractivity contribution is -0.129. The number of hydrogen-bond donors (Lipinski definition) is 2. The van der Waals surface area contributed by atoms with Gasteiger partial charge in [-0.15, -0.1) is 0 Å². The van der Waals surface area contributed by atoms with Crippen molar-refractivity contribution in [2.24, 2.45) is 11.1 Å². The summed E-state index contributed by atoms with van der Waals surface area (Å²) in [7, 11) is 0. The van der Waals surface area contributed by atoms with Crippen LogP contribution in [0.4, 0.5) is 5.69 Å². The summed E-state index contributed by atoms with van der Waals surface area (Å²) in [4.78, 5) is 16.1. The van der Waals surface area contributed by atoms with Crippen molar-refractivity contribution in [1.82, 2.24) is 4.98 Å². The van der Waals surface area contributed by atoms with Gasteiger partial charge in [0, 0.05) is 12.7 Å². The van der Waals surface area contributed by atoms with Gasteiger partial charge in [-0.2, -0.15) is 0 Å². The van der Waals surface area contributed by atoms with Crippen molar-refractivity contribution in [3.05, 3.63) is 23.0 Å². The molecule has 0 bridgehead atoms. The number of amides is 1. The first-order chi connectivity index (χ1) is 8.09. The SMILES string of the molecule is Cc1ccnc(Cl)c1NC(=O)C1(CN)CCC1. The van der Waals surface area contributed by atoms with Crippen LogP contribution in [0.2, 0.25) is 5.15 Å². The third kappa shape index (κ3) is 2.15. The zero-order chi connectivity index (χ0) is 12.5. The number of aromatic nitrogens is 1. The van der Waals surface area contributed by atoms with E-state index < -0.39 is 5.41 Å². The molecule has 1 saturated carbocycles. The van der Waals surface area contributed by atoms with Gasteiger partial charge in [0.25, 0.3) is 0 Å². The molecule has 0 aromatic carbocycles. The molecular weight excluding hydrogens is 238 g/mol. The molecule has 5 heteroatoms. The van der Waals surface area contributed by atoms with Crippen LogP contribution in [-0.2, 0) is 4.79 Å². The number of nitrogens with zero attached hydrogens (tertiary/aromatic N) is 1. The van der Waals surface area contributed by atoms with Gasteiger partial charge in [0.1, 0.15) is 0 Å². The van der Waals surface area contributed by atoms with Crippen LogP contribution in [0.5, 0.6) is 0 Å². The zero-order valence-electron chi connectivity index (χ0n) is 9.79. The van der Waals surface area contributed by atoms with E-state index in [1.54, 1.807) is 6.20 Å². The predicted molar refractivity (Wildman–Crippen MR) is 68.0 cm³/mol. The lowest BCUT2D eigenvalue weighted by atomic mass is 9.68. The molecule has 4 nitrogen and oxygen atoms in total. The summed E-state index contributed by atoms with van der Waals surface area (Å²) in [5, 5.41) is 3.18. The van der Waals surface area contributed by atoms with Crippen molar-refractivity contribution in [3.8, 4) is 0 Å². The number of halogens is 1. The van der Waals surface area contributed by atoms with E-state index >= 15 is 0 Å². The van der Waals surface area contributed by atoms with Gasteiger partial charge in [0.15, 0.2) is 5.15 Å². The largest absolute Gasteiger partial charge is 0.329 e. The van der Waals surface area contributed by atoms with Crippen molar-refractivity contribution < 1.29 is 4.79 Å². The Labute approximate surface area is 106 Å². The molecule has 3 N–H and O–H groups in total. The molecule has 1 heterocycles. The first kappa shape index (κ1) is 12.3. The minimum atomic E-state index is -0.397. The molecule has 0 radical (unpaired) electrons. The summed E-state index contributed by atoms with van der Waals surface area (Å²) < 4.78 is 0. The number of rotatable bonds is 3. The summed E-state index contributed by atoms with van der Waals surface area (Å²) in [6, 6.07) is 1.82. The number of carbonyl (C=O) groups is 1. The Bertz CT molecular complexity index is 418. The van der Waals surface area contributed by atoms with Gasteiger partial charge in [-0.25, -0.2) is 4.98 Å². The van der Waals surface area contributed by atoms with Gasteiger partial charge in [-0.05, 0) is 31.4 Å². The van der Waals surface area contributed by atoms with Gasteiger partial charge in [0.2, 0.25) is 5.91 Å². The summed E-state index contributed by atoms with van der Waals surface area (Å²) in [5.41, 5.74) is 6.80. The topological polar surface area (TPSA) is 68.0 Å². The predicted octanol–water partition coefficient (Wildman–Crippen LogP) is 2.11. The molecule has 1 aliphatic carbocycles. The first-order valence-corrected chi connectivity index (χ1v) is 6.09. The molecule has 1 aliphatic rings. The number of hydrogen-bond acceptors (Lipinski definition) is 3. The Balaban J connectivity index is 2.18. The number of anilines is 1. The van der Waals surface area contributed by atoms with Crippen molar-refractivity contribution in [2.45, 2.75) is 26.2 Å². The summed E-state index contributed by atoms with van der Waals surface area (Å²) in [6.07, 6.45) is 4.39. The van der Waals surface area contributed by atoms with Crippen molar-refractivity contribution in [3.63, 3.8) is 0 Å². The van der Waals surface area contributed by atoms with Gasteiger partial charge in [-0.1, -0.05) is 18.0 Å². The molecule has 0 atom stereocenters. The summed E-state index contributed by atoms with van der Waals surface area (Å²) in [6.45, 7) is 2.27. The quantitative estimate of drug-likeness (QED) is 0.811. The van der Waals surface area contributed by atoms with Crippen LogP contribution in [0.3, 0.4) is 0 Å². The molecule has 1 amide bonds. The van der Waals surface area contributed by atoms with E-state index in [0.29, 0.717) is 17.4 Å². The van der Waals surface area contributed by atoms with Crippen molar-refractivity contribution >= 4 is 23.2 Å². The van der Waals surface area contributed by atoms with Crippen LogP contribution in [0.25, 0.3) is 0 Å². The fraction of sp³-hybridized carbons (Fsp3) is 0.500. The second kappa shape index (κ2) is 4.63. The van der Waals surface area contributed by atoms with E-state index in [1.807, 2.05) is 13.0 Å². The molecule has 92 valence electrons. The normalized spacial score (nSPS) is 17.4. The fourth-order valence-electron chi connectivity index (χ4n) is 2.05. The van der Waals surface area contributed by atoms with Crippen molar-refractivity contribution in [1.29, 1.82) is 0 Å². The lowest BCUT2D eigenvalue weighted by Gasteiger charge is -2.39. The smallest absolute Gasteiger partial charge is 0.231 e. The second-order valence-electron chi connectivity index (χ2n) is 4.59. The molecule has 0 unspecified atom stereocenters. The van der Waals surface area contributed by atoms with Crippen LogP contribution in [0, 0.1) is 12.3 Å². The third-order valence-corrected chi connectivity index (χ3v) is 3.82. The van der Waals surface area contributed by atoms with Gasteiger partial charge in [0.05, 0.1) is 11.1 Å². The standard InChI is InChI=1S/C12H16ClN3O/c1-8-3-6-15-10(13)9(8)16-11(17)12(7-14)4-2-5-12/h3,6H,2,4-5,7,14H2,1H3,(H,16,17). The number of nitrogens with two attached hydrogens (primary N) is 1. The van der Waals surface area contributed by atoms with Gasteiger partial charge in [-0.3, -0.25) is 4.79 Å². The van der Waals surface area contributed by atoms with Crippen molar-refractivity contribution in [2.75, 3.05) is 11.9 Å². The highest BCUT2D eigenvalue weighted by atomic mass is 35.5. The number of carbonyl (C=O) groups excluding carboxylic acids is 1.